The second kappa shape index (κ2) is 7.52. The van der Waals surface area contributed by atoms with Crippen LogP contribution in [0, 0.1) is 5.82 Å². The van der Waals surface area contributed by atoms with Crippen LogP contribution in [0.4, 0.5) is 4.39 Å². The molecule has 6 rings (SSSR count). The van der Waals surface area contributed by atoms with Crippen molar-refractivity contribution in [2.75, 3.05) is 7.11 Å². The Bertz CT molecular complexity index is 1620. The lowest BCUT2D eigenvalue weighted by molar-refractivity contribution is 0.411. The highest BCUT2D eigenvalue weighted by Crippen LogP contribution is 2.35. The number of pyridine rings is 1. The van der Waals surface area contributed by atoms with E-state index in [0.717, 1.165) is 50.1 Å². The Hall–Kier alpha value is -4.59. The molecule has 0 spiro atoms. The number of benzene rings is 2. The summed E-state index contributed by atoms with van der Waals surface area (Å²) in [6.45, 7) is 0. The van der Waals surface area contributed by atoms with E-state index >= 15 is 0 Å². The van der Waals surface area contributed by atoms with E-state index in [2.05, 4.69) is 30.1 Å². The third-order valence-electron chi connectivity index (χ3n) is 5.62. The van der Waals surface area contributed by atoms with Gasteiger partial charge >= 0.3 is 0 Å². The Balaban J connectivity index is 1.50. The fourth-order valence-corrected chi connectivity index (χ4v) is 4.07. The summed E-state index contributed by atoms with van der Waals surface area (Å²) in [6, 6.07) is 14.6. The molecule has 4 heterocycles. The molecule has 0 atom stereocenters. The van der Waals surface area contributed by atoms with Crippen molar-refractivity contribution >= 4 is 21.9 Å². The number of aromatic nitrogens is 6. The number of fused-ring (bicyclic) bond motifs is 2. The summed E-state index contributed by atoms with van der Waals surface area (Å²) in [4.78, 5) is 16.4. The van der Waals surface area contributed by atoms with Crippen LogP contribution in [0.3, 0.4) is 0 Å². The second-order valence-electron chi connectivity index (χ2n) is 7.61. The largest absolute Gasteiger partial charge is 0.497 e. The minimum Gasteiger partial charge on any atom is -0.497 e. The van der Waals surface area contributed by atoms with E-state index in [0.29, 0.717) is 11.4 Å². The Kier molecular flexibility index (Phi) is 4.36. The third-order valence-corrected chi connectivity index (χ3v) is 5.62. The highest BCUT2D eigenvalue weighted by Gasteiger charge is 2.15. The quantitative estimate of drug-likeness (QED) is 0.387. The Labute approximate surface area is 187 Å². The van der Waals surface area contributed by atoms with Crippen LogP contribution in [0.1, 0.15) is 0 Å². The highest BCUT2D eigenvalue weighted by atomic mass is 19.1. The van der Waals surface area contributed by atoms with Gasteiger partial charge in [0.2, 0.25) is 0 Å². The van der Waals surface area contributed by atoms with Gasteiger partial charge in [-0.3, -0.25) is 15.1 Å². The molecule has 4 aromatic heterocycles. The Morgan fingerprint density at radius 3 is 2.70 bits per heavy atom. The number of hydrogen-bond donors (Lipinski definition) is 2. The minimum atomic E-state index is -0.348. The van der Waals surface area contributed by atoms with Gasteiger partial charge in [0.25, 0.3) is 0 Å². The lowest BCUT2D eigenvalue weighted by Crippen LogP contribution is -1.87. The van der Waals surface area contributed by atoms with Crippen LogP contribution < -0.4 is 4.74 Å². The molecule has 0 amide bonds. The zero-order chi connectivity index (χ0) is 22.4. The molecule has 0 unspecified atom stereocenters. The number of halogens is 1. The number of methoxy groups -OCH3 is 1. The summed E-state index contributed by atoms with van der Waals surface area (Å²) in [5, 5.41) is 9.27. The van der Waals surface area contributed by atoms with E-state index in [1.807, 2.05) is 36.4 Å². The molecule has 0 bridgehead atoms. The van der Waals surface area contributed by atoms with Gasteiger partial charge in [-0.05, 0) is 41.5 Å². The van der Waals surface area contributed by atoms with Crippen molar-refractivity contribution in [1.29, 1.82) is 0 Å². The first-order valence-corrected chi connectivity index (χ1v) is 10.3. The molecule has 0 saturated heterocycles. The van der Waals surface area contributed by atoms with Crippen LogP contribution in [0.25, 0.3) is 55.7 Å². The average Bonchev–Trinajstić information content (AvgIpc) is 3.47. The van der Waals surface area contributed by atoms with Gasteiger partial charge in [-0.2, -0.15) is 5.10 Å². The lowest BCUT2D eigenvalue weighted by Gasteiger charge is -2.07. The fourth-order valence-electron chi connectivity index (χ4n) is 4.07. The topological polar surface area (TPSA) is 92.4 Å². The molecule has 0 fully saturated rings. The molecule has 2 aromatic carbocycles. The second-order valence-corrected chi connectivity index (χ2v) is 7.61. The van der Waals surface area contributed by atoms with E-state index in [1.165, 1.54) is 19.2 Å². The number of rotatable bonds is 4. The fraction of sp³-hybridized carbons (Fsp3) is 0.0400. The summed E-state index contributed by atoms with van der Waals surface area (Å²) >= 11 is 0. The van der Waals surface area contributed by atoms with Crippen molar-refractivity contribution in [3.8, 4) is 39.5 Å². The van der Waals surface area contributed by atoms with E-state index in [1.54, 1.807) is 24.8 Å². The van der Waals surface area contributed by atoms with Gasteiger partial charge in [0, 0.05) is 46.5 Å². The van der Waals surface area contributed by atoms with Crippen molar-refractivity contribution in [1.82, 2.24) is 30.1 Å². The first kappa shape index (κ1) is 19.1. The predicted molar refractivity (Wildman–Crippen MR) is 124 cm³/mol. The smallest absolute Gasteiger partial charge is 0.181 e. The van der Waals surface area contributed by atoms with Crippen LogP contribution in [0.2, 0.25) is 0 Å². The average molecular weight is 436 g/mol. The molecule has 0 saturated carbocycles. The van der Waals surface area contributed by atoms with Crippen molar-refractivity contribution in [3.63, 3.8) is 0 Å². The molecule has 33 heavy (non-hydrogen) atoms. The van der Waals surface area contributed by atoms with E-state index < -0.39 is 0 Å². The van der Waals surface area contributed by atoms with Gasteiger partial charge in [0.15, 0.2) is 5.65 Å². The first-order valence-electron chi connectivity index (χ1n) is 10.3. The third kappa shape index (κ3) is 3.28. The van der Waals surface area contributed by atoms with Gasteiger partial charge in [-0.25, -0.2) is 9.37 Å². The van der Waals surface area contributed by atoms with Crippen molar-refractivity contribution in [2.24, 2.45) is 0 Å². The summed E-state index contributed by atoms with van der Waals surface area (Å²) in [5.74, 6) is 0.124. The number of hydrogen-bond acceptors (Lipinski definition) is 5. The molecule has 7 nitrogen and oxygen atoms in total. The predicted octanol–water partition coefficient (Wildman–Crippen LogP) is 5.38. The minimum absolute atomic E-state index is 0.348. The van der Waals surface area contributed by atoms with Crippen LogP contribution in [-0.2, 0) is 0 Å². The number of ether oxygens (including phenoxy) is 1. The summed E-state index contributed by atoms with van der Waals surface area (Å²) in [7, 11) is 1.53. The van der Waals surface area contributed by atoms with Crippen molar-refractivity contribution < 1.29 is 9.13 Å². The maximum Gasteiger partial charge on any atom is 0.181 e. The maximum atomic E-state index is 14.2. The maximum absolute atomic E-state index is 14.2. The summed E-state index contributed by atoms with van der Waals surface area (Å²) < 4.78 is 19.4. The first-order chi connectivity index (χ1) is 16.2. The molecule has 6 aromatic rings. The Morgan fingerprint density at radius 1 is 0.909 bits per heavy atom. The number of aromatic amines is 2. The zero-order valence-corrected chi connectivity index (χ0v) is 17.5. The molecule has 0 aliphatic heterocycles. The summed E-state index contributed by atoms with van der Waals surface area (Å²) in [6.07, 6.45) is 6.72. The lowest BCUT2D eigenvalue weighted by atomic mass is 10.0. The standard InChI is InChI=1S/C25H17FN6O/c1-33-17-8-14(7-16(26)10-17)18-3-2-4-21-19(18)11-22(30-21)24-20-9-15(12-29-25(20)32-31-24)23-13-27-5-6-28-23/h2-13,30H,1H3,(H,29,31,32). The van der Waals surface area contributed by atoms with Gasteiger partial charge in [-0.1, -0.05) is 12.1 Å². The molecule has 0 radical (unpaired) electrons. The molecular weight excluding hydrogens is 419 g/mol. The monoisotopic (exact) mass is 436 g/mol. The number of nitrogens with one attached hydrogen (secondary N) is 2. The number of nitrogens with zero attached hydrogens (tertiary/aromatic N) is 4. The molecule has 0 aliphatic carbocycles. The highest BCUT2D eigenvalue weighted by molar-refractivity contribution is 6.01. The van der Waals surface area contributed by atoms with Crippen LogP contribution in [0.15, 0.2) is 73.3 Å². The van der Waals surface area contributed by atoms with E-state index in [9.17, 15) is 4.39 Å². The van der Waals surface area contributed by atoms with Crippen LogP contribution in [-0.4, -0.2) is 37.2 Å². The number of H-pyrrole nitrogens is 2. The normalized spacial score (nSPS) is 11.3. The zero-order valence-electron chi connectivity index (χ0n) is 17.5. The van der Waals surface area contributed by atoms with Crippen molar-refractivity contribution in [2.45, 2.75) is 0 Å². The molecule has 2 N–H and O–H groups in total. The van der Waals surface area contributed by atoms with E-state index in [4.69, 9.17) is 4.74 Å². The molecule has 160 valence electrons. The van der Waals surface area contributed by atoms with Gasteiger partial charge in [0.05, 0.1) is 30.4 Å². The van der Waals surface area contributed by atoms with Gasteiger partial charge in [-0.15, -0.1) is 0 Å². The SMILES string of the molecule is COc1cc(F)cc(-c2cccc3[nH]c(-c4[nH]nc5ncc(-c6cnccn6)cc45)cc23)c1. The van der Waals surface area contributed by atoms with E-state index in [-0.39, 0.29) is 5.82 Å². The van der Waals surface area contributed by atoms with Gasteiger partial charge < -0.3 is 9.72 Å². The molecular formula is C25H17FN6O. The molecule has 0 aliphatic rings. The van der Waals surface area contributed by atoms with Crippen molar-refractivity contribution in [3.05, 3.63) is 79.1 Å². The van der Waals surface area contributed by atoms with Crippen LogP contribution in [0.5, 0.6) is 5.75 Å². The Morgan fingerprint density at radius 2 is 1.85 bits per heavy atom. The molecule has 8 heteroatoms. The van der Waals surface area contributed by atoms with Gasteiger partial charge in [0.1, 0.15) is 11.6 Å². The van der Waals surface area contributed by atoms with Crippen LogP contribution >= 0.6 is 0 Å². The summed E-state index contributed by atoms with van der Waals surface area (Å²) in [5.41, 5.74) is 6.40.